The number of alkyl halides is 3. The van der Waals surface area contributed by atoms with Gasteiger partial charge in [-0.3, -0.25) is 4.79 Å². The van der Waals surface area contributed by atoms with Crippen LogP contribution in [0.5, 0.6) is 0 Å². The first kappa shape index (κ1) is 17.0. The molecular formula is C10H14F3N3O2S2. The topological polar surface area (TPSA) is 64.1 Å². The third-order valence-corrected chi connectivity index (χ3v) is 3.95. The molecule has 1 aromatic rings. The summed E-state index contributed by atoms with van der Waals surface area (Å²) in [5.41, 5.74) is 0. The van der Waals surface area contributed by atoms with E-state index < -0.39 is 18.0 Å². The van der Waals surface area contributed by atoms with Crippen LogP contribution in [0.1, 0.15) is 20.3 Å². The van der Waals surface area contributed by atoms with E-state index in [0.29, 0.717) is 10.9 Å². The Bertz CT molecular complexity index is 440. The van der Waals surface area contributed by atoms with Gasteiger partial charge in [0.2, 0.25) is 5.13 Å². The molecule has 0 bridgehead atoms. The Morgan fingerprint density at radius 2 is 2.20 bits per heavy atom. The summed E-state index contributed by atoms with van der Waals surface area (Å²) in [6.45, 7) is 2.71. The van der Waals surface area contributed by atoms with Crippen LogP contribution in [0.25, 0.3) is 0 Å². The fraction of sp³-hybridized carbons (Fsp3) is 0.700. The maximum Gasteiger partial charge on any atom is 0.405 e. The quantitative estimate of drug-likeness (QED) is 0.613. The minimum absolute atomic E-state index is 0.0685. The third kappa shape index (κ3) is 6.42. The number of carbonyl (C=O) groups excluding carboxylic acids is 1. The second kappa shape index (κ2) is 7.67. The standard InChI is InChI=1S/C10H14F3N3O2S2/c1-3-4-18-7(17)6(2)19-9-16-15-8(20-9)14-5-10(11,12)13/h6H,3-5H2,1-2H3,(H,14,15). The Morgan fingerprint density at radius 1 is 1.50 bits per heavy atom. The van der Waals surface area contributed by atoms with E-state index >= 15 is 0 Å². The Morgan fingerprint density at radius 3 is 2.80 bits per heavy atom. The highest BCUT2D eigenvalue weighted by Gasteiger charge is 2.27. The lowest BCUT2D eigenvalue weighted by Gasteiger charge is -2.08. The molecule has 1 unspecified atom stereocenters. The zero-order valence-corrected chi connectivity index (χ0v) is 12.5. The van der Waals surface area contributed by atoms with E-state index in [2.05, 4.69) is 15.5 Å². The molecular weight excluding hydrogens is 315 g/mol. The minimum Gasteiger partial charge on any atom is -0.465 e. The second-order valence-corrected chi connectivity index (χ2v) is 6.33. The van der Waals surface area contributed by atoms with Gasteiger partial charge < -0.3 is 10.1 Å². The molecule has 0 radical (unpaired) electrons. The van der Waals surface area contributed by atoms with Crippen molar-refractivity contribution in [2.24, 2.45) is 0 Å². The minimum atomic E-state index is -4.31. The number of rotatable bonds is 7. The van der Waals surface area contributed by atoms with E-state index in [1.165, 1.54) is 0 Å². The van der Waals surface area contributed by atoms with Crippen LogP contribution < -0.4 is 5.32 Å². The lowest BCUT2D eigenvalue weighted by atomic mass is 10.5. The molecule has 1 rings (SSSR count). The smallest absolute Gasteiger partial charge is 0.405 e. The van der Waals surface area contributed by atoms with Gasteiger partial charge in [0.05, 0.1) is 6.61 Å². The average Bonchev–Trinajstić information content (AvgIpc) is 2.80. The van der Waals surface area contributed by atoms with Crippen molar-refractivity contribution in [2.75, 3.05) is 18.5 Å². The Kier molecular flexibility index (Phi) is 6.53. The predicted molar refractivity (Wildman–Crippen MR) is 71.0 cm³/mol. The van der Waals surface area contributed by atoms with Gasteiger partial charge in [-0.15, -0.1) is 10.2 Å². The summed E-state index contributed by atoms with van der Waals surface area (Å²) < 4.78 is 41.4. The highest BCUT2D eigenvalue weighted by Crippen LogP contribution is 2.29. The van der Waals surface area contributed by atoms with E-state index in [1.54, 1.807) is 6.92 Å². The molecule has 1 aromatic heterocycles. The molecule has 0 aliphatic carbocycles. The van der Waals surface area contributed by atoms with Crippen molar-refractivity contribution in [3.8, 4) is 0 Å². The maximum atomic E-state index is 12.0. The summed E-state index contributed by atoms with van der Waals surface area (Å²) in [4.78, 5) is 11.5. The monoisotopic (exact) mass is 329 g/mol. The van der Waals surface area contributed by atoms with Crippen molar-refractivity contribution in [3.05, 3.63) is 0 Å². The zero-order chi connectivity index (χ0) is 15.2. The highest BCUT2D eigenvalue weighted by molar-refractivity contribution is 8.02. The van der Waals surface area contributed by atoms with Gasteiger partial charge >= 0.3 is 12.1 Å². The number of nitrogens with one attached hydrogen (secondary N) is 1. The molecule has 10 heteroatoms. The van der Waals surface area contributed by atoms with Crippen molar-refractivity contribution >= 4 is 34.2 Å². The first-order valence-corrected chi connectivity index (χ1v) is 7.49. The van der Waals surface area contributed by atoms with E-state index in [0.717, 1.165) is 29.5 Å². The molecule has 114 valence electrons. The number of halogens is 3. The zero-order valence-electron chi connectivity index (χ0n) is 10.9. The summed E-state index contributed by atoms with van der Waals surface area (Å²) in [6, 6.07) is 0. The molecule has 1 atom stereocenters. The molecule has 0 aliphatic rings. The SMILES string of the molecule is CCCOC(=O)C(C)Sc1nnc(NCC(F)(F)F)s1. The predicted octanol–water partition coefficient (Wildman–Crippen LogP) is 2.95. The van der Waals surface area contributed by atoms with Crippen LogP contribution in [0.15, 0.2) is 4.34 Å². The van der Waals surface area contributed by atoms with Crippen LogP contribution in [0, 0.1) is 0 Å². The van der Waals surface area contributed by atoms with Gasteiger partial charge in [-0.1, -0.05) is 30.0 Å². The maximum absolute atomic E-state index is 12.0. The summed E-state index contributed by atoms with van der Waals surface area (Å²) in [5, 5.41) is 9.01. The molecule has 0 fully saturated rings. The highest BCUT2D eigenvalue weighted by atomic mass is 32.2. The van der Waals surface area contributed by atoms with Gasteiger partial charge in [-0.25, -0.2) is 0 Å². The molecule has 0 amide bonds. The van der Waals surface area contributed by atoms with Gasteiger partial charge in [0.15, 0.2) is 4.34 Å². The molecule has 0 aliphatic heterocycles. The third-order valence-electron chi connectivity index (χ3n) is 1.90. The first-order valence-electron chi connectivity index (χ1n) is 5.79. The van der Waals surface area contributed by atoms with Gasteiger partial charge in [0, 0.05) is 0 Å². The molecule has 0 saturated heterocycles. The van der Waals surface area contributed by atoms with Gasteiger partial charge in [0.1, 0.15) is 11.8 Å². The molecule has 5 nitrogen and oxygen atoms in total. The van der Waals surface area contributed by atoms with Gasteiger partial charge in [0.25, 0.3) is 0 Å². The summed E-state index contributed by atoms with van der Waals surface area (Å²) in [7, 11) is 0. The molecule has 1 N–H and O–H groups in total. The normalized spacial score (nSPS) is 13.1. The van der Waals surface area contributed by atoms with Crippen LogP contribution in [0.4, 0.5) is 18.3 Å². The lowest BCUT2D eigenvalue weighted by molar-refractivity contribution is -0.142. The molecule has 0 spiro atoms. The van der Waals surface area contributed by atoms with E-state index in [1.807, 2.05) is 6.92 Å². The van der Waals surface area contributed by atoms with E-state index in [-0.39, 0.29) is 11.1 Å². The number of ether oxygens (including phenoxy) is 1. The Labute approximate surface area is 122 Å². The number of aromatic nitrogens is 2. The fourth-order valence-electron chi connectivity index (χ4n) is 1.02. The van der Waals surface area contributed by atoms with E-state index in [9.17, 15) is 18.0 Å². The first-order chi connectivity index (χ1) is 9.31. The number of nitrogens with zero attached hydrogens (tertiary/aromatic N) is 2. The summed E-state index contributed by atoms with van der Waals surface area (Å²) in [5.74, 6) is -0.378. The summed E-state index contributed by atoms with van der Waals surface area (Å²) >= 11 is 2.07. The molecule has 20 heavy (non-hydrogen) atoms. The van der Waals surface area contributed by atoms with Crippen LogP contribution in [-0.2, 0) is 9.53 Å². The number of anilines is 1. The number of thioether (sulfide) groups is 1. The lowest BCUT2D eigenvalue weighted by Crippen LogP contribution is -2.21. The van der Waals surface area contributed by atoms with Crippen molar-refractivity contribution in [1.82, 2.24) is 10.2 Å². The van der Waals surface area contributed by atoms with Gasteiger partial charge in [-0.2, -0.15) is 13.2 Å². The van der Waals surface area contributed by atoms with Gasteiger partial charge in [-0.05, 0) is 13.3 Å². The number of esters is 1. The van der Waals surface area contributed by atoms with Crippen LogP contribution in [-0.4, -0.2) is 40.7 Å². The van der Waals surface area contributed by atoms with Crippen molar-refractivity contribution in [3.63, 3.8) is 0 Å². The van der Waals surface area contributed by atoms with Crippen molar-refractivity contribution in [1.29, 1.82) is 0 Å². The fourth-order valence-corrected chi connectivity index (χ4v) is 2.91. The average molecular weight is 329 g/mol. The number of hydrogen-bond donors (Lipinski definition) is 1. The molecule has 1 heterocycles. The Balaban J connectivity index is 2.45. The largest absolute Gasteiger partial charge is 0.465 e. The van der Waals surface area contributed by atoms with Crippen LogP contribution in [0.2, 0.25) is 0 Å². The van der Waals surface area contributed by atoms with Crippen LogP contribution >= 0.6 is 23.1 Å². The van der Waals surface area contributed by atoms with Crippen molar-refractivity contribution < 1.29 is 22.7 Å². The molecule has 0 saturated carbocycles. The second-order valence-electron chi connectivity index (χ2n) is 3.77. The van der Waals surface area contributed by atoms with E-state index in [4.69, 9.17) is 4.74 Å². The number of carbonyl (C=O) groups is 1. The molecule has 0 aromatic carbocycles. The summed E-state index contributed by atoms with van der Waals surface area (Å²) in [6.07, 6.45) is -3.58. The van der Waals surface area contributed by atoms with Crippen LogP contribution in [0.3, 0.4) is 0 Å². The number of hydrogen-bond acceptors (Lipinski definition) is 7. The Hall–Kier alpha value is -1.03. The van der Waals surface area contributed by atoms with Crippen molar-refractivity contribution in [2.45, 2.75) is 36.0 Å².